The van der Waals surface area contributed by atoms with Gasteiger partial charge in [-0.05, 0) is 41.4 Å². The fourth-order valence-electron chi connectivity index (χ4n) is 4.01. The molecule has 0 saturated heterocycles. The van der Waals surface area contributed by atoms with Crippen LogP contribution in [-0.2, 0) is 11.2 Å². The number of aliphatic hydroxyl groups is 1. The summed E-state index contributed by atoms with van der Waals surface area (Å²) in [6.07, 6.45) is 4.77. The zero-order valence-corrected chi connectivity index (χ0v) is 13.2. The molecule has 2 atom stereocenters. The maximum atomic E-state index is 11.8. The summed E-state index contributed by atoms with van der Waals surface area (Å²) in [4.78, 5) is 13.5. The molecule has 0 radical (unpaired) electrons. The van der Waals surface area contributed by atoms with Crippen molar-refractivity contribution in [3.8, 4) is 0 Å². The van der Waals surface area contributed by atoms with Crippen LogP contribution >= 0.6 is 0 Å². The number of benzene rings is 1. The maximum Gasteiger partial charge on any atom is 0.231 e. The fourth-order valence-corrected chi connectivity index (χ4v) is 4.01. The summed E-state index contributed by atoms with van der Waals surface area (Å²) in [5.74, 6) is 0.439. The minimum Gasteiger partial charge on any atom is -0.388 e. The Morgan fingerprint density at radius 3 is 2.81 bits per heavy atom. The molecule has 1 aliphatic heterocycles. The van der Waals surface area contributed by atoms with Crippen LogP contribution in [-0.4, -0.2) is 18.1 Å². The standard InChI is InChI=1S/C18H25NO2/c1-18(2)9-5-4-6-14(18)17(21)12-7-8-15-13(10-12)11-16(20)19(15)3/h7-8,10,14,17,21H,4-6,9,11H2,1-3H3. The highest BCUT2D eigenvalue weighted by molar-refractivity contribution is 6.00. The van der Waals surface area contributed by atoms with Gasteiger partial charge in [0.25, 0.3) is 0 Å². The Morgan fingerprint density at radius 1 is 1.33 bits per heavy atom. The molecule has 1 aromatic rings. The van der Waals surface area contributed by atoms with E-state index in [2.05, 4.69) is 13.8 Å². The number of carbonyl (C=O) groups excluding carboxylic acids is 1. The van der Waals surface area contributed by atoms with Gasteiger partial charge in [0.2, 0.25) is 5.91 Å². The average molecular weight is 287 g/mol. The highest BCUT2D eigenvalue weighted by atomic mass is 16.3. The second kappa shape index (κ2) is 5.13. The Balaban J connectivity index is 1.88. The van der Waals surface area contributed by atoms with E-state index >= 15 is 0 Å². The van der Waals surface area contributed by atoms with Crippen molar-refractivity contribution in [2.75, 3.05) is 11.9 Å². The normalized spacial score (nSPS) is 25.8. The minimum atomic E-state index is -0.424. The second-order valence-corrected chi connectivity index (χ2v) is 7.30. The van der Waals surface area contributed by atoms with Crippen molar-refractivity contribution in [3.63, 3.8) is 0 Å². The molecule has 3 heteroatoms. The topological polar surface area (TPSA) is 40.5 Å². The Hall–Kier alpha value is -1.35. The Bertz CT molecular complexity index is 564. The Kier molecular flexibility index (Phi) is 3.56. The number of anilines is 1. The third-order valence-corrected chi connectivity index (χ3v) is 5.49. The van der Waals surface area contributed by atoms with Crippen LogP contribution in [0.4, 0.5) is 5.69 Å². The van der Waals surface area contributed by atoms with Crippen molar-refractivity contribution in [2.45, 2.75) is 52.1 Å². The summed E-state index contributed by atoms with van der Waals surface area (Å²) in [7, 11) is 1.81. The van der Waals surface area contributed by atoms with Gasteiger partial charge in [-0.15, -0.1) is 0 Å². The second-order valence-electron chi connectivity index (χ2n) is 7.30. The SMILES string of the molecule is CN1C(=O)Cc2cc(C(O)C3CCCCC3(C)C)ccc21. The first-order valence-corrected chi connectivity index (χ1v) is 7.97. The van der Waals surface area contributed by atoms with Gasteiger partial charge in [0, 0.05) is 12.7 Å². The minimum absolute atomic E-state index is 0.134. The number of amides is 1. The molecule has 0 bridgehead atoms. The first-order chi connectivity index (χ1) is 9.90. The van der Waals surface area contributed by atoms with E-state index in [1.165, 1.54) is 19.3 Å². The molecular formula is C18H25NO2. The molecule has 0 spiro atoms. The monoisotopic (exact) mass is 287 g/mol. The van der Waals surface area contributed by atoms with Crippen molar-refractivity contribution in [2.24, 2.45) is 11.3 Å². The third kappa shape index (κ3) is 2.48. The van der Waals surface area contributed by atoms with Gasteiger partial charge in [0.15, 0.2) is 0 Å². The summed E-state index contributed by atoms with van der Waals surface area (Å²) in [5, 5.41) is 10.8. The lowest BCUT2D eigenvalue weighted by molar-refractivity contribution is -0.117. The quantitative estimate of drug-likeness (QED) is 0.905. The van der Waals surface area contributed by atoms with Crippen molar-refractivity contribution in [1.82, 2.24) is 0 Å². The van der Waals surface area contributed by atoms with Crippen molar-refractivity contribution >= 4 is 11.6 Å². The summed E-state index contributed by atoms with van der Waals surface area (Å²) in [6, 6.07) is 6.00. The summed E-state index contributed by atoms with van der Waals surface area (Å²) in [6.45, 7) is 4.54. The van der Waals surface area contributed by atoms with E-state index < -0.39 is 6.10 Å². The highest BCUT2D eigenvalue weighted by Crippen LogP contribution is 2.47. The van der Waals surface area contributed by atoms with Gasteiger partial charge in [0.05, 0.1) is 12.5 Å². The first kappa shape index (κ1) is 14.6. The van der Waals surface area contributed by atoms with E-state index in [0.717, 1.165) is 23.2 Å². The van der Waals surface area contributed by atoms with E-state index in [4.69, 9.17) is 0 Å². The lowest BCUT2D eigenvalue weighted by Crippen LogP contribution is -2.32. The zero-order chi connectivity index (χ0) is 15.2. The lowest BCUT2D eigenvalue weighted by atomic mass is 9.65. The van der Waals surface area contributed by atoms with Gasteiger partial charge in [-0.1, -0.05) is 38.8 Å². The number of hydrogen-bond donors (Lipinski definition) is 1. The summed E-state index contributed by atoms with van der Waals surface area (Å²) in [5.41, 5.74) is 3.19. The number of hydrogen-bond acceptors (Lipinski definition) is 2. The molecule has 2 aliphatic rings. The van der Waals surface area contributed by atoms with Crippen LogP contribution in [0.15, 0.2) is 18.2 Å². The van der Waals surface area contributed by atoms with Gasteiger partial charge in [-0.2, -0.15) is 0 Å². The van der Waals surface area contributed by atoms with Gasteiger partial charge in [-0.25, -0.2) is 0 Å². The van der Waals surface area contributed by atoms with E-state index in [0.29, 0.717) is 12.3 Å². The van der Waals surface area contributed by atoms with Crippen molar-refractivity contribution in [3.05, 3.63) is 29.3 Å². The molecule has 3 rings (SSSR count). The number of aliphatic hydroxyl groups excluding tert-OH is 1. The zero-order valence-electron chi connectivity index (χ0n) is 13.2. The molecule has 1 aliphatic carbocycles. The number of likely N-dealkylation sites (N-methyl/N-ethyl adjacent to an activating group) is 1. The first-order valence-electron chi connectivity index (χ1n) is 7.97. The van der Waals surface area contributed by atoms with Crippen LogP contribution < -0.4 is 4.90 Å². The molecule has 1 saturated carbocycles. The van der Waals surface area contributed by atoms with E-state index in [1.54, 1.807) is 4.90 Å². The molecule has 0 aromatic heterocycles. The Morgan fingerprint density at radius 2 is 2.10 bits per heavy atom. The number of nitrogens with zero attached hydrogens (tertiary/aromatic N) is 1. The summed E-state index contributed by atoms with van der Waals surface area (Å²) < 4.78 is 0. The van der Waals surface area contributed by atoms with Gasteiger partial charge >= 0.3 is 0 Å². The molecule has 3 nitrogen and oxygen atoms in total. The third-order valence-electron chi connectivity index (χ3n) is 5.49. The van der Waals surface area contributed by atoms with Gasteiger partial charge < -0.3 is 10.0 Å². The highest BCUT2D eigenvalue weighted by Gasteiger charge is 2.38. The smallest absolute Gasteiger partial charge is 0.231 e. The van der Waals surface area contributed by atoms with Gasteiger partial charge in [-0.3, -0.25) is 4.79 Å². The molecule has 2 unspecified atom stereocenters. The van der Waals surface area contributed by atoms with Crippen LogP contribution in [0.25, 0.3) is 0 Å². The molecular weight excluding hydrogens is 262 g/mol. The maximum absolute atomic E-state index is 11.8. The molecule has 1 N–H and O–H groups in total. The predicted molar refractivity (Wildman–Crippen MR) is 84.3 cm³/mol. The number of rotatable bonds is 2. The van der Waals surface area contributed by atoms with Crippen LogP contribution in [0.2, 0.25) is 0 Å². The van der Waals surface area contributed by atoms with E-state index in [1.807, 2.05) is 25.2 Å². The summed E-state index contributed by atoms with van der Waals surface area (Å²) >= 11 is 0. The predicted octanol–water partition coefficient (Wildman–Crippen LogP) is 3.46. The molecule has 1 aromatic carbocycles. The number of fused-ring (bicyclic) bond motifs is 1. The molecule has 1 fully saturated rings. The molecule has 1 heterocycles. The van der Waals surface area contributed by atoms with Gasteiger partial charge in [0.1, 0.15) is 0 Å². The van der Waals surface area contributed by atoms with Crippen LogP contribution in [0, 0.1) is 11.3 Å². The van der Waals surface area contributed by atoms with E-state index in [9.17, 15) is 9.90 Å². The van der Waals surface area contributed by atoms with E-state index in [-0.39, 0.29) is 11.3 Å². The van der Waals surface area contributed by atoms with Crippen LogP contribution in [0.5, 0.6) is 0 Å². The molecule has 21 heavy (non-hydrogen) atoms. The largest absolute Gasteiger partial charge is 0.388 e. The fraction of sp³-hybridized carbons (Fsp3) is 0.611. The van der Waals surface area contributed by atoms with Crippen LogP contribution in [0.1, 0.15) is 56.8 Å². The molecule has 1 amide bonds. The van der Waals surface area contributed by atoms with Crippen molar-refractivity contribution in [1.29, 1.82) is 0 Å². The Labute approximate surface area is 127 Å². The van der Waals surface area contributed by atoms with Crippen LogP contribution in [0.3, 0.4) is 0 Å². The lowest BCUT2D eigenvalue weighted by Gasteiger charge is -2.41. The average Bonchev–Trinajstić information content (AvgIpc) is 2.72. The van der Waals surface area contributed by atoms with Crippen molar-refractivity contribution < 1.29 is 9.90 Å². The molecule has 114 valence electrons. The number of carbonyl (C=O) groups is 1.